The zero-order valence-corrected chi connectivity index (χ0v) is 13.7. The van der Waals surface area contributed by atoms with Gasteiger partial charge in [0.1, 0.15) is 17.3 Å². The van der Waals surface area contributed by atoms with Crippen molar-refractivity contribution in [1.82, 2.24) is 10.2 Å². The van der Waals surface area contributed by atoms with Crippen LogP contribution in [0.15, 0.2) is 33.3 Å². The van der Waals surface area contributed by atoms with E-state index < -0.39 is 0 Å². The van der Waals surface area contributed by atoms with Crippen LogP contribution in [0, 0.1) is 13.8 Å². The molecule has 0 unspecified atom stereocenters. The summed E-state index contributed by atoms with van der Waals surface area (Å²) in [6.07, 6.45) is 1.81. The molecular formula is C17H22N2O4. The van der Waals surface area contributed by atoms with Crippen molar-refractivity contribution in [1.29, 1.82) is 0 Å². The number of carbonyl (C=O) groups is 2. The Labute approximate surface area is 135 Å². The first-order chi connectivity index (χ1) is 11.0. The molecule has 0 aromatic carbocycles. The SMILES string of the molecule is CCN(CCC(=O)NCc1ccco1)C(=O)c1cc(C)oc1C. The first-order valence-electron chi connectivity index (χ1n) is 7.66. The molecule has 0 saturated heterocycles. The van der Waals surface area contributed by atoms with E-state index in [4.69, 9.17) is 8.83 Å². The number of aryl methyl sites for hydroxylation is 2. The average molecular weight is 318 g/mol. The Balaban J connectivity index is 1.85. The molecule has 0 saturated carbocycles. The van der Waals surface area contributed by atoms with Gasteiger partial charge >= 0.3 is 0 Å². The van der Waals surface area contributed by atoms with E-state index in [9.17, 15) is 9.59 Å². The summed E-state index contributed by atoms with van der Waals surface area (Å²) in [6, 6.07) is 5.30. The monoisotopic (exact) mass is 318 g/mol. The largest absolute Gasteiger partial charge is 0.467 e. The summed E-state index contributed by atoms with van der Waals surface area (Å²) in [7, 11) is 0. The maximum absolute atomic E-state index is 12.5. The summed E-state index contributed by atoms with van der Waals surface area (Å²) in [5.74, 6) is 1.78. The number of hydrogen-bond acceptors (Lipinski definition) is 4. The van der Waals surface area contributed by atoms with Crippen LogP contribution in [-0.4, -0.2) is 29.8 Å². The Morgan fingerprint density at radius 2 is 2.09 bits per heavy atom. The molecule has 0 aliphatic carbocycles. The Morgan fingerprint density at radius 3 is 2.65 bits per heavy atom. The van der Waals surface area contributed by atoms with Crippen LogP contribution in [-0.2, 0) is 11.3 Å². The standard InChI is InChI=1S/C17H22N2O4/c1-4-19(17(21)15-10-12(2)23-13(15)3)8-7-16(20)18-11-14-6-5-9-22-14/h5-6,9-10H,4,7-8,11H2,1-3H3,(H,18,20). The van der Waals surface area contributed by atoms with Gasteiger partial charge in [0.05, 0.1) is 18.4 Å². The van der Waals surface area contributed by atoms with Gasteiger partial charge in [0.2, 0.25) is 5.91 Å². The molecule has 2 aromatic rings. The number of nitrogens with one attached hydrogen (secondary N) is 1. The van der Waals surface area contributed by atoms with Crippen LogP contribution in [0.4, 0.5) is 0 Å². The fourth-order valence-electron chi connectivity index (χ4n) is 2.34. The normalized spacial score (nSPS) is 10.6. The van der Waals surface area contributed by atoms with E-state index >= 15 is 0 Å². The number of amides is 2. The summed E-state index contributed by atoms with van der Waals surface area (Å²) < 4.78 is 10.6. The number of carbonyl (C=O) groups excluding carboxylic acids is 2. The molecule has 2 rings (SSSR count). The molecule has 0 spiro atoms. The Hall–Kier alpha value is -2.50. The lowest BCUT2D eigenvalue weighted by Crippen LogP contribution is -2.35. The van der Waals surface area contributed by atoms with E-state index in [1.807, 2.05) is 13.8 Å². The molecule has 1 N–H and O–H groups in total. The van der Waals surface area contributed by atoms with Gasteiger partial charge in [0, 0.05) is 19.5 Å². The lowest BCUT2D eigenvalue weighted by atomic mass is 10.2. The molecular weight excluding hydrogens is 296 g/mol. The fraction of sp³-hybridized carbons (Fsp3) is 0.412. The van der Waals surface area contributed by atoms with Gasteiger partial charge in [-0.1, -0.05) is 0 Å². The lowest BCUT2D eigenvalue weighted by molar-refractivity contribution is -0.121. The highest BCUT2D eigenvalue weighted by Crippen LogP contribution is 2.16. The van der Waals surface area contributed by atoms with Gasteiger partial charge in [0.15, 0.2) is 0 Å². The predicted octanol–water partition coefficient (Wildman–Crippen LogP) is 2.66. The zero-order valence-electron chi connectivity index (χ0n) is 13.7. The third-order valence-corrected chi connectivity index (χ3v) is 3.59. The maximum atomic E-state index is 12.5. The molecule has 2 amide bonds. The van der Waals surface area contributed by atoms with Crippen molar-refractivity contribution in [2.24, 2.45) is 0 Å². The van der Waals surface area contributed by atoms with Crippen molar-refractivity contribution in [2.75, 3.05) is 13.1 Å². The first-order valence-corrected chi connectivity index (χ1v) is 7.66. The minimum atomic E-state index is -0.118. The molecule has 0 aliphatic rings. The molecule has 0 fully saturated rings. The summed E-state index contributed by atoms with van der Waals surface area (Å²) in [5, 5.41) is 2.77. The van der Waals surface area contributed by atoms with Gasteiger partial charge < -0.3 is 19.1 Å². The van der Waals surface area contributed by atoms with E-state index in [1.54, 1.807) is 36.3 Å². The molecule has 0 radical (unpaired) electrons. The van der Waals surface area contributed by atoms with Gasteiger partial charge in [-0.25, -0.2) is 0 Å². The summed E-state index contributed by atoms with van der Waals surface area (Å²) >= 11 is 0. The second kappa shape index (κ2) is 7.67. The van der Waals surface area contributed by atoms with Crippen molar-refractivity contribution in [3.63, 3.8) is 0 Å². The Kier molecular flexibility index (Phi) is 5.62. The molecule has 6 nitrogen and oxygen atoms in total. The van der Waals surface area contributed by atoms with Crippen molar-refractivity contribution >= 4 is 11.8 Å². The Morgan fingerprint density at radius 1 is 1.30 bits per heavy atom. The van der Waals surface area contributed by atoms with Gasteiger partial charge in [-0.05, 0) is 39.0 Å². The fourth-order valence-corrected chi connectivity index (χ4v) is 2.34. The minimum absolute atomic E-state index is 0.110. The summed E-state index contributed by atoms with van der Waals surface area (Å²) in [4.78, 5) is 26.0. The van der Waals surface area contributed by atoms with Crippen LogP contribution in [0.2, 0.25) is 0 Å². The third kappa shape index (κ3) is 4.48. The second-order valence-corrected chi connectivity index (χ2v) is 5.32. The minimum Gasteiger partial charge on any atom is -0.467 e. The van der Waals surface area contributed by atoms with E-state index in [0.29, 0.717) is 42.5 Å². The van der Waals surface area contributed by atoms with Crippen molar-refractivity contribution in [2.45, 2.75) is 33.7 Å². The summed E-state index contributed by atoms with van der Waals surface area (Å²) in [5.41, 5.74) is 0.556. The molecule has 0 atom stereocenters. The molecule has 0 aliphatic heterocycles. The molecule has 0 bridgehead atoms. The average Bonchev–Trinajstić information content (AvgIpc) is 3.14. The Bertz CT molecular complexity index is 658. The van der Waals surface area contributed by atoms with Crippen LogP contribution in [0.1, 0.15) is 41.0 Å². The van der Waals surface area contributed by atoms with Crippen LogP contribution >= 0.6 is 0 Å². The van der Waals surface area contributed by atoms with Crippen molar-refractivity contribution < 1.29 is 18.4 Å². The summed E-state index contributed by atoms with van der Waals surface area (Å²) in [6.45, 7) is 6.72. The molecule has 2 aromatic heterocycles. The van der Waals surface area contributed by atoms with Gasteiger partial charge in [-0.15, -0.1) is 0 Å². The smallest absolute Gasteiger partial charge is 0.257 e. The first kappa shape index (κ1) is 16.9. The lowest BCUT2D eigenvalue weighted by Gasteiger charge is -2.20. The molecule has 2 heterocycles. The number of rotatable bonds is 7. The number of furan rings is 2. The highest BCUT2D eigenvalue weighted by Gasteiger charge is 2.19. The van der Waals surface area contributed by atoms with E-state index in [0.717, 1.165) is 0 Å². The van der Waals surface area contributed by atoms with E-state index in [2.05, 4.69) is 5.32 Å². The molecule has 124 valence electrons. The van der Waals surface area contributed by atoms with Crippen molar-refractivity contribution in [3.8, 4) is 0 Å². The number of hydrogen-bond donors (Lipinski definition) is 1. The highest BCUT2D eigenvalue weighted by molar-refractivity contribution is 5.95. The topological polar surface area (TPSA) is 75.7 Å². The maximum Gasteiger partial charge on any atom is 0.257 e. The van der Waals surface area contributed by atoms with Crippen molar-refractivity contribution in [3.05, 3.63) is 47.3 Å². The quantitative estimate of drug-likeness (QED) is 0.851. The third-order valence-electron chi connectivity index (χ3n) is 3.59. The van der Waals surface area contributed by atoms with Crippen LogP contribution < -0.4 is 5.32 Å². The van der Waals surface area contributed by atoms with E-state index in [1.165, 1.54) is 0 Å². The van der Waals surface area contributed by atoms with Crippen LogP contribution in [0.25, 0.3) is 0 Å². The van der Waals surface area contributed by atoms with Gasteiger partial charge in [-0.3, -0.25) is 9.59 Å². The van der Waals surface area contributed by atoms with Crippen LogP contribution in [0.5, 0.6) is 0 Å². The second-order valence-electron chi connectivity index (χ2n) is 5.32. The number of nitrogens with zero attached hydrogens (tertiary/aromatic N) is 1. The highest BCUT2D eigenvalue weighted by atomic mass is 16.3. The van der Waals surface area contributed by atoms with E-state index in [-0.39, 0.29) is 18.2 Å². The molecule has 6 heteroatoms. The molecule has 23 heavy (non-hydrogen) atoms. The van der Waals surface area contributed by atoms with Gasteiger partial charge in [0.25, 0.3) is 5.91 Å². The zero-order chi connectivity index (χ0) is 16.8. The van der Waals surface area contributed by atoms with Gasteiger partial charge in [-0.2, -0.15) is 0 Å². The predicted molar refractivity (Wildman–Crippen MR) is 84.9 cm³/mol. The van der Waals surface area contributed by atoms with Crippen LogP contribution in [0.3, 0.4) is 0 Å².